The molecule has 1 unspecified atom stereocenters. The van der Waals surface area contributed by atoms with E-state index in [9.17, 15) is 0 Å². The van der Waals surface area contributed by atoms with Crippen LogP contribution in [0.3, 0.4) is 0 Å². The van der Waals surface area contributed by atoms with Crippen LogP contribution >= 0.6 is 0 Å². The zero-order chi connectivity index (χ0) is 14.9. The van der Waals surface area contributed by atoms with Crippen molar-refractivity contribution in [3.8, 4) is 0 Å². The summed E-state index contributed by atoms with van der Waals surface area (Å²) < 4.78 is 0. The highest BCUT2D eigenvalue weighted by Gasteiger charge is 2.32. The highest BCUT2D eigenvalue weighted by atomic mass is 15.0. The molecule has 0 heterocycles. The van der Waals surface area contributed by atoms with E-state index in [0.717, 1.165) is 12.6 Å². The molecule has 1 atom stereocenters. The summed E-state index contributed by atoms with van der Waals surface area (Å²) in [5.74, 6) is 0.689. The molecule has 1 aromatic rings. The third-order valence-corrected chi connectivity index (χ3v) is 5.19. The van der Waals surface area contributed by atoms with Gasteiger partial charge in [0.2, 0.25) is 0 Å². The second kappa shape index (κ2) is 5.89. The number of hydrogen-bond donors (Lipinski definition) is 1. The van der Waals surface area contributed by atoms with Gasteiger partial charge in [-0.25, -0.2) is 0 Å². The third-order valence-electron chi connectivity index (χ3n) is 5.19. The maximum Gasteiger partial charge on any atom is 0.00684 e. The summed E-state index contributed by atoms with van der Waals surface area (Å²) >= 11 is 0. The molecule has 1 N–H and O–H groups in total. The van der Waals surface area contributed by atoms with Gasteiger partial charge in [-0.2, -0.15) is 0 Å². The molecule has 0 aliphatic heterocycles. The summed E-state index contributed by atoms with van der Waals surface area (Å²) in [5, 5.41) is 3.75. The van der Waals surface area contributed by atoms with Crippen molar-refractivity contribution < 1.29 is 0 Å². The van der Waals surface area contributed by atoms with Gasteiger partial charge in [0, 0.05) is 12.6 Å². The van der Waals surface area contributed by atoms with Crippen LogP contribution in [0.5, 0.6) is 0 Å². The van der Waals surface area contributed by atoms with Crippen LogP contribution in [0.25, 0.3) is 0 Å². The molecular formula is C19H31N. The SMILES string of the molecule is Cc1cc(C)c(CC(C)(CNC2CC2)C(C)C)c(C)c1. The molecule has 0 spiro atoms. The van der Waals surface area contributed by atoms with Crippen LogP contribution < -0.4 is 5.32 Å². The quantitative estimate of drug-likeness (QED) is 0.800. The van der Waals surface area contributed by atoms with E-state index in [1.807, 2.05) is 0 Å². The van der Waals surface area contributed by atoms with Gasteiger partial charge in [-0.3, -0.25) is 0 Å². The fourth-order valence-corrected chi connectivity index (χ4v) is 3.03. The Labute approximate surface area is 125 Å². The van der Waals surface area contributed by atoms with E-state index in [-0.39, 0.29) is 0 Å². The summed E-state index contributed by atoms with van der Waals surface area (Å²) in [4.78, 5) is 0. The van der Waals surface area contributed by atoms with Crippen molar-refractivity contribution in [1.82, 2.24) is 5.32 Å². The summed E-state index contributed by atoms with van der Waals surface area (Å²) in [6, 6.07) is 5.46. The molecule has 20 heavy (non-hydrogen) atoms. The molecule has 0 saturated heterocycles. The molecule has 1 nitrogen and oxygen atoms in total. The Morgan fingerprint density at radius 3 is 2.15 bits per heavy atom. The first-order valence-corrected chi connectivity index (χ1v) is 8.12. The van der Waals surface area contributed by atoms with Crippen molar-refractivity contribution in [2.75, 3.05) is 6.54 Å². The first-order chi connectivity index (χ1) is 9.32. The van der Waals surface area contributed by atoms with Crippen LogP contribution in [0.1, 0.15) is 55.9 Å². The maximum atomic E-state index is 3.75. The molecule has 0 aromatic heterocycles. The van der Waals surface area contributed by atoms with E-state index < -0.39 is 0 Å². The Balaban J connectivity index is 2.18. The van der Waals surface area contributed by atoms with E-state index in [2.05, 4.69) is 59.0 Å². The second-order valence-corrected chi connectivity index (χ2v) is 7.52. The molecule has 1 fully saturated rings. The molecule has 1 heteroatoms. The van der Waals surface area contributed by atoms with E-state index in [4.69, 9.17) is 0 Å². The van der Waals surface area contributed by atoms with Crippen molar-refractivity contribution in [2.45, 2.75) is 66.8 Å². The third kappa shape index (κ3) is 3.63. The summed E-state index contributed by atoms with van der Waals surface area (Å²) in [7, 11) is 0. The van der Waals surface area contributed by atoms with Crippen LogP contribution in [0.2, 0.25) is 0 Å². The average molecular weight is 273 g/mol. The molecule has 1 aliphatic carbocycles. The average Bonchev–Trinajstić information content (AvgIpc) is 3.15. The van der Waals surface area contributed by atoms with Crippen molar-refractivity contribution in [3.63, 3.8) is 0 Å². The van der Waals surface area contributed by atoms with Gasteiger partial charge < -0.3 is 5.32 Å². The van der Waals surface area contributed by atoms with Gasteiger partial charge in [-0.05, 0) is 68.1 Å². The molecule has 2 rings (SSSR count). The van der Waals surface area contributed by atoms with Crippen molar-refractivity contribution in [2.24, 2.45) is 11.3 Å². The number of nitrogens with one attached hydrogen (secondary N) is 1. The lowest BCUT2D eigenvalue weighted by Gasteiger charge is -2.35. The van der Waals surface area contributed by atoms with E-state index in [1.165, 1.54) is 36.0 Å². The lowest BCUT2D eigenvalue weighted by atomic mass is 9.73. The fraction of sp³-hybridized carbons (Fsp3) is 0.684. The zero-order valence-corrected chi connectivity index (χ0v) is 14.1. The smallest absolute Gasteiger partial charge is 0.00684 e. The lowest BCUT2D eigenvalue weighted by Crippen LogP contribution is -2.39. The lowest BCUT2D eigenvalue weighted by molar-refractivity contribution is 0.206. The van der Waals surface area contributed by atoms with E-state index in [1.54, 1.807) is 5.56 Å². The van der Waals surface area contributed by atoms with Crippen molar-refractivity contribution >= 4 is 0 Å². The van der Waals surface area contributed by atoms with Gasteiger partial charge in [0.1, 0.15) is 0 Å². The molecule has 1 aliphatic rings. The van der Waals surface area contributed by atoms with Crippen LogP contribution in [-0.4, -0.2) is 12.6 Å². The fourth-order valence-electron chi connectivity index (χ4n) is 3.03. The van der Waals surface area contributed by atoms with Crippen LogP contribution in [-0.2, 0) is 6.42 Å². The van der Waals surface area contributed by atoms with Crippen LogP contribution in [0.4, 0.5) is 0 Å². The molecule has 1 saturated carbocycles. The largest absolute Gasteiger partial charge is 0.313 e. The zero-order valence-electron chi connectivity index (χ0n) is 14.1. The first-order valence-electron chi connectivity index (χ1n) is 8.12. The molecular weight excluding hydrogens is 242 g/mol. The van der Waals surface area contributed by atoms with Crippen LogP contribution in [0.15, 0.2) is 12.1 Å². The number of hydrogen-bond acceptors (Lipinski definition) is 1. The molecule has 112 valence electrons. The molecule has 0 bridgehead atoms. The minimum Gasteiger partial charge on any atom is -0.313 e. The highest BCUT2D eigenvalue weighted by Crippen LogP contribution is 2.34. The Morgan fingerprint density at radius 2 is 1.70 bits per heavy atom. The monoisotopic (exact) mass is 273 g/mol. The normalized spacial score (nSPS) is 18.4. The highest BCUT2D eigenvalue weighted by molar-refractivity contribution is 5.38. The minimum absolute atomic E-state index is 0.341. The van der Waals surface area contributed by atoms with E-state index >= 15 is 0 Å². The Bertz CT molecular complexity index is 448. The van der Waals surface area contributed by atoms with Gasteiger partial charge in [0.05, 0.1) is 0 Å². The minimum atomic E-state index is 0.341. The Kier molecular flexibility index (Phi) is 4.59. The Morgan fingerprint density at radius 1 is 1.15 bits per heavy atom. The first kappa shape index (κ1) is 15.6. The maximum absolute atomic E-state index is 3.75. The second-order valence-electron chi connectivity index (χ2n) is 7.52. The van der Waals surface area contributed by atoms with Crippen molar-refractivity contribution in [1.29, 1.82) is 0 Å². The van der Waals surface area contributed by atoms with Crippen molar-refractivity contribution in [3.05, 3.63) is 34.4 Å². The standard InChI is InChI=1S/C19H31N/c1-13(2)19(6,12-20-17-7-8-17)11-18-15(4)9-14(3)10-16(18)5/h9-10,13,17,20H,7-8,11-12H2,1-6H3. The molecule has 1 aromatic carbocycles. The molecule has 0 amide bonds. The number of aryl methyl sites for hydroxylation is 3. The van der Waals surface area contributed by atoms with E-state index in [0.29, 0.717) is 11.3 Å². The van der Waals surface area contributed by atoms with Gasteiger partial charge >= 0.3 is 0 Å². The predicted octanol–water partition coefficient (Wildman–Crippen LogP) is 4.57. The summed E-state index contributed by atoms with van der Waals surface area (Å²) in [6.07, 6.45) is 3.93. The molecule has 0 radical (unpaired) electrons. The van der Waals surface area contributed by atoms with Gasteiger partial charge in [-0.1, -0.05) is 38.5 Å². The van der Waals surface area contributed by atoms with Gasteiger partial charge in [0.15, 0.2) is 0 Å². The van der Waals surface area contributed by atoms with Gasteiger partial charge in [0.25, 0.3) is 0 Å². The van der Waals surface area contributed by atoms with Crippen LogP contribution in [0, 0.1) is 32.1 Å². The topological polar surface area (TPSA) is 12.0 Å². The van der Waals surface area contributed by atoms with Gasteiger partial charge in [-0.15, -0.1) is 0 Å². The summed E-state index contributed by atoms with van der Waals surface area (Å²) in [6.45, 7) is 15.1. The number of rotatable bonds is 6. The predicted molar refractivity (Wildman–Crippen MR) is 88.3 cm³/mol. The number of benzene rings is 1. The summed E-state index contributed by atoms with van der Waals surface area (Å²) in [5.41, 5.74) is 6.20. The Hall–Kier alpha value is -0.820.